The summed E-state index contributed by atoms with van der Waals surface area (Å²) in [6.07, 6.45) is 2.97. The van der Waals surface area contributed by atoms with Gasteiger partial charge in [0.25, 0.3) is 0 Å². The highest BCUT2D eigenvalue weighted by atomic mass is 32.2. The predicted octanol–water partition coefficient (Wildman–Crippen LogP) is 1.68. The first kappa shape index (κ1) is 3.36. The van der Waals surface area contributed by atoms with Gasteiger partial charge < -0.3 is 0 Å². The van der Waals surface area contributed by atoms with Crippen molar-refractivity contribution in [1.82, 2.24) is 0 Å². The minimum atomic E-state index is 0.810. The van der Waals surface area contributed by atoms with Crippen LogP contribution in [0.4, 0.5) is 0 Å². The van der Waals surface area contributed by atoms with E-state index >= 15 is 0 Å². The summed E-state index contributed by atoms with van der Waals surface area (Å²) in [4.78, 5) is 0. The van der Waals surface area contributed by atoms with Crippen molar-refractivity contribution in [2.24, 2.45) is 5.41 Å². The molecule has 0 atom stereocenters. The molecular formula is C5H7S. The summed E-state index contributed by atoms with van der Waals surface area (Å²) >= 11 is 1.98. The van der Waals surface area contributed by atoms with Gasteiger partial charge in [0.05, 0.1) is 0 Å². The first-order chi connectivity index (χ1) is 2.91. The average Bonchev–Trinajstić information content (AvgIpc) is 2.02. The van der Waals surface area contributed by atoms with E-state index in [1.54, 1.807) is 0 Å². The van der Waals surface area contributed by atoms with Gasteiger partial charge in [-0.3, -0.25) is 0 Å². The van der Waals surface area contributed by atoms with Crippen LogP contribution in [0.25, 0.3) is 0 Å². The molecule has 1 heteroatoms. The van der Waals surface area contributed by atoms with E-state index in [0.717, 1.165) is 5.41 Å². The molecule has 1 heterocycles. The molecule has 1 spiro atoms. The normalized spacial score (nSPS) is 36.0. The summed E-state index contributed by atoms with van der Waals surface area (Å²) < 4.78 is 0. The van der Waals surface area contributed by atoms with E-state index in [9.17, 15) is 0 Å². The molecule has 6 heavy (non-hydrogen) atoms. The van der Waals surface area contributed by atoms with Gasteiger partial charge >= 0.3 is 0 Å². The zero-order valence-electron chi connectivity index (χ0n) is 3.61. The Morgan fingerprint density at radius 2 is 2.17 bits per heavy atom. The lowest BCUT2D eigenvalue weighted by molar-refractivity contribution is 0.707. The molecule has 0 nitrogen and oxygen atoms in total. The second-order valence-electron chi connectivity index (χ2n) is 2.29. The van der Waals surface area contributed by atoms with Crippen LogP contribution in [-0.2, 0) is 0 Å². The van der Waals surface area contributed by atoms with Gasteiger partial charge in [0.1, 0.15) is 0 Å². The molecule has 1 aliphatic carbocycles. The number of rotatable bonds is 0. The summed E-state index contributed by atoms with van der Waals surface area (Å²) in [6.45, 7) is 0. The molecule has 0 bridgehead atoms. The highest BCUT2D eigenvalue weighted by molar-refractivity contribution is 8.02. The highest BCUT2D eigenvalue weighted by Crippen LogP contribution is 2.60. The van der Waals surface area contributed by atoms with Crippen LogP contribution in [0.3, 0.4) is 0 Å². The van der Waals surface area contributed by atoms with Crippen molar-refractivity contribution in [1.29, 1.82) is 0 Å². The molecule has 2 fully saturated rings. The Kier molecular flexibility index (Phi) is 0.441. The van der Waals surface area contributed by atoms with Crippen LogP contribution >= 0.6 is 11.8 Å². The molecule has 33 valence electrons. The molecule has 2 rings (SSSR count). The van der Waals surface area contributed by atoms with Crippen molar-refractivity contribution in [2.75, 3.05) is 5.75 Å². The summed E-state index contributed by atoms with van der Waals surface area (Å²) in [6, 6.07) is 0. The van der Waals surface area contributed by atoms with E-state index in [-0.39, 0.29) is 0 Å². The van der Waals surface area contributed by atoms with Gasteiger partial charge in [0.15, 0.2) is 0 Å². The quantitative estimate of drug-likeness (QED) is 0.445. The van der Waals surface area contributed by atoms with E-state index in [1.807, 2.05) is 11.8 Å². The summed E-state index contributed by atoms with van der Waals surface area (Å²) in [5.41, 5.74) is 0.810. The molecule has 0 aromatic heterocycles. The average molecular weight is 99.2 g/mol. The first-order valence-corrected chi connectivity index (χ1v) is 3.42. The van der Waals surface area contributed by atoms with E-state index in [4.69, 9.17) is 0 Å². The molecule has 0 aromatic rings. The van der Waals surface area contributed by atoms with E-state index in [2.05, 4.69) is 5.75 Å². The van der Waals surface area contributed by atoms with Crippen molar-refractivity contribution in [3.05, 3.63) is 5.75 Å². The minimum absolute atomic E-state index is 0.810. The zero-order valence-corrected chi connectivity index (χ0v) is 4.42. The third-order valence-corrected chi connectivity index (χ3v) is 3.00. The van der Waals surface area contributed by atoms with Crippen LogP contribution in [0.2, 0.25) is 0 Å². The molecule has 0 amide bonds. The highest BCUT2D eigenvalue weighted by Gasteiger charge is 2.48. The maximum Gasteiger partial charge on any atom is 0.0236 e. The van der Waals surface area contributed by atoms with Crippen molar-refractivity contribution < 1.29 is 0 Å². The maximum atomic E-state index is 2.40. The zero-order chi connectivity index (χ0) is 4.04. The molecule has 1 aliphatic heterocycles. The third kappa shape index (κ3) is 0.274. The fourth-order valence-corrected chi connectivity index (χ4v) is 1.90. The molecule has 2 aliphatic rings. The van der Waals surface area contributed by atoms with Crippen LogP contribution in [0, 0.1) is 11.2 Å². The van der Waals surface area contributed by atoms with Gasteiger partial charge in [-0.15, -0.1) is 0 Å². The third-order valence-electron chi connectivity index (χ3n) is 1.60. The Hall–Kier alpha value is 0.350. The Bertz CT molecular complexity index is 68.0. The summed E-state index contributed by atoms with van der Waals surface area (Å²) in [5, 5.41) is 0. The minimum Gasteiger partial charge on any atom is -0.156 e. The molecule has 0 N–H and O–H groups in total. The fraction of sp³-hybridized carbons (Fsp3) is 0.800. The lowest BCUT2D eigenvalue weighted by atomic mass is 10.2. The Labute approximate surface area is 42.3 Å². The number of hydrogen-bond acceptors (Lipinski definition) is 1. The molecule has 0 unspecified atom stereocenters. The van der Waals surface area contributed by atoms with Gasteiger partial charge in [-0.1, -0.05) is 0 Å². The van der Waals surface area contributed by atoms with Gasteiger partial charge in [-0.05, 0) is 18.3 Å². The Morgan fingerprint density at radius 3 is 2.17 bits per heavy atom. The van der Waals surface area contributed by atoms with Crippen molar-refractivity contribution >= 4 is 11.8 Å². The first-order valence-electron chi connectivity index (χ1n) is 2.37. The van der Waals surface area contributed by atoms with Crippen molar-refractivity contribution in [3.63, 3.8) is 0 Å². The van der Waals surface area contributed by atoms with Gasteiger partial charge in [-0.25, -0.2) is 0 Å². The summed E-state index contributed by atoms with van der Waals surface area (Å²) in [7, 11) is 0. The topological polar surface area (TPSA) is 0 Å². The van der Waals surface area contributed by atoms with Gasteiger partial charge in [0.2, 0.25) is 0 Å². The Morgan fingerprint density at radius 1 is 1.50 bits per heavy atom. The fourth-order valence-electron chi connectivity index (χ4n) is 0.742. The largest absolute Gasteiger partial charge is 0.156 e. The smallest absolute Gasteiger partial charge is 0.0236 e. The van der Waals surface area contributed by atoms with E-state index in [1.165, 1.54) is 18.6 Å². The predicted molar refractivity (Wildman–Crippen MR) is 28.4 cm³/mol. The molecule has 1 radical (unpaired) electrons. The lowest BCUT2D eigenvalue weighted by Gasteiger charge is -2.22. The van der Waals surface area contributed by atoms with Crippen LogP contribution in [-0.4, -0.2) is 5.75 Å². The Balaban J connectivity index is 2.09. The number of thioether (sulfide) groups is 1. The SMILES string of the molecule is [CH]1SCC12CC2. The molecule has 1 saturated carbocycles. The molecule has 1 saturated heterocycles. The van der Waals surface area contributed by atoms with Crippen molar-refractivity contribution in [2.45, 2.75) is 12.8 Å². The summed E-state index contributed by atoms with van der Waals surface area (Å²) in [5.74, 6) is 3.82. The van der Waals surface area contributed by atoms with Crippen molar-refractivity contribution in [3.8, 4) is 0 Å². The van der Waals surface area contributed by atoms with Crippen LogP contribution in [0.15, 0.2) is 0 Å². The van der Waals surface area contributed by atoms with E-state index < -0.39 is 0 Å². The van der Waals surface area contributed by atoms with Gasteiger partial charge in [-0.2, -0.15) is 11.8 Å². The standard InChI is InChI=1S/C5H7S/c1-2-5(1)3-6-4-5/h3H,1-2,4H2. The lowest BCUT2D eigenvalue weighted by Crippen LogP contribution is -2.12. The van der Waals surface area contributed by atoms with Gasteiger partial charge in [0, 0.05) is 11.5 Å². The second-order valence-corrected chi connectivity index (χ2v) is 3.15. The number of hydrogen-bond donors (Lipinski definition) is 0. The van der Waals surface area contributed by atoms with Crippen LogP contribution < -0.4 is 0 Å². The van der Waals surface area contributed by atoms with Crippen LogP contribution in [0.1, 0.15) is 12.8 Å². The monoisotopic (exact) mass is 99.0 g/mol. The second kappa shape index (κ2) is 0.786. The van der Waals surface area contributed by atoms with Crippen LogP contribution in [0.5, 0.6) is 0 Å². The van der Waals surface area contributed by atoms with E-state index in [0.29, 0.717) is 0 Å². The molecule has 0 aromatic carbocycles. The molecular weight excluding hydrogens is 92.1 g/mol. The maximum absolute atomic E-state index is 2.40.